The average molecular weight is 1370 g/mol. The number of pyridine rings is 2. The van der Waals surface area contributed by atoms with E-state index < -0.39 is 74.0 Å². The maximum atomic E-state index is 13.9. The molecule has 2 atom stereocenters. The normalized spacial score (nSPS) is 12.0. The minimum Gasteiger partial charge on any atom is -0.447 e. The van der Waals surface area contributed by atoms with Gasteiger partial charge in [0.1, 0.15) is 48.1 Å². The molecule has 2 heterocycles. The zero-order valence-corrected chi connectivity index (χ0v) is 55.5. The number of carbonyl (C=O) groups excluding carboxylic acids is 4. The van der Waals surface area contributed by atoms with Crippen LogP contribution in [-0.2, 0) is 59.1 Å². The van der Waals surface area contributed by atoms with Gasteiger partial charge in [0.2, 0.25) is 11.8 Å². The highest BCUT2D eigenvalue weighted by Crippen LogP contribution is 2.49. The number of aryl methyl sites for hydroxylation is 2. The molecule has 0 radical (unpaired) electrons. The predicted molar refractivity (Wildman–Crippen MR) is 340 cm³/mol. The zero-order chi connectivity index (χ0) is 64.9. The van der Waals surface area contributed by atoms with Gasteiger partial charge in [0.05, 0.1) is 41.4 Å². The van der Waals surface area contributed by atoms with Crippen molar-refractivity contribution in [2.75, 3.05) is 65.4 Å². The first-order valence-electron chi connectivity index (χ1n) is 26.5. The lowest BCUT2D eigenvalue weighted by Crippen LogP contribution is -2.44. The number of benzene rings is 4. The number of hydrogen-bond acceptors (Lipinski definition) is 15. The maximum Gasteiger partial charge on any atom is 0.474 e. The Morgan fingerprint density at radius 1 is 0.640 bits per heavy atom. The van der Waals surface area contributed by atoms with Crippen LogP contribution in [0.15, 0.2) is 97.3 Å². The fourth-order valence-electron chi connectivity index (χ4n) is 8.41. The van der Waals surface area contributed by atoms with Gasteiger partial charge in [-0.15, -0.1) is 0 Å². The minimum absolute atomic E-state index is 0. The highest BCUT2D eigenvalue weighted by atomic mass is 35.5. The number of nitrogens with one attached hydrogen (secondary N) is 2. The molecule has 0 aliphatic heterocycles. The molecule has 0 fully saturated rings. The lowest BCUT2D eigenvalue weighted by atomic mass is 9.86. The van der Waals surface area contributed by atoms with Crippen LogP contribution in [0, 0.1) is 45.4 Å². The van der Waals surface area contributed by atoms with E-state index in [-0.39, 0.29) is 125 Å². The second-order valence-corrected chi connectivity index (χ2v) is 25.0. The van der Waals surface area contributed by atoms with Gasteiger partial charge < -0.3 is 29.1 Å². The molecule has 6 rings (SSSR count). The summed E-state index contributed by atoms with van der Waals surface area (Å²) in [5.74, 6) is -2.43. The molecular formula is C58H73Cl2F4N7O14P2S2. The molecular weight excluding hydrogens is 1290 g/mol. The number of phosphoric ester groups is 2. The number of nitrogens with zero attached hydrogens (tertiary/aromatic N) is 5. The standard InChI is InChI=1S/C29H35ClF2N3O7P.C27H31ClF2N3O7P.C2H3N.2H2S/c1-29(2,18-42-43(38,39-4)40-5)15-23(35(3)26(36)12-10-19-7-6-8-24(32)27(19)30)17-41-28(37)34-25-14-21-13-22(31)11-9-20(21)16-33-25;1-27(2,16-40-41(36,37)38)13-21(33(3)24(34)10-8-17-5-4-6-22(30)25(17)28)15-39-26(35)32-23-12-19-11-20(29)9-7-18(19)14-31-23;1-2-3;;/h6-9,11,13-14,16,23H,10,12,15,17-18H2,1-5H3,(H,33,34,37);4-7,9,11-12,14,21H,8,10,13,15-16H2,1-3H3,(H,31,32,35)(H2,36,37,38);1H3;2*1H2/t23-;21-;;;/m00.../s1. The van der Waals surface area contributed by atoms with E-state index in [2.05, 4.69) is 25.1 Å². The van der Waals surface area contributed by atoms with Gasteiger partial charge in [0.25, 0.3) is 0 Å². The van der Waals surface area contributed by atoms with Gasteiger partial charge in [-0.1, -0.05) is 75.2 Å². The molecule has 488 valence electrons. The Bertz CT molecular complexity index is 3500. The highest BCUT2D eigenvalue weighted by molar-refractivity contribution is 7.59. The SMILES string of the molecule is CC#N.CN(C(=O)CCc1cccc(F)c1Cl)[C@H](COC(=O)Nc1cc2cc(F)ccc2cn1)CC(C)(C)COP(=O)(O)O.COP(=O)(OC)OCC(C)(C)C[C@@H](COC(=O)Nc1cc2cc(F)ccc2cn1)N(C)C(=O)CCc1cccc(F)c1Cl.S.S. The molecule has 89 heavy (non-hydrogen) atoms. The van der Waals surface area contributed by atoms with Crippen LogP contribution in [0.1, 0.15) is 71.4 Å². The topological polar surface area (TPSA) is 278 Å². The molecule has 21 nitrogen and oxygen atoms in total. The number of carbonyl (C=O) groups is 4. The Morgan fingerprint density at radius 3 is 1.37 bits per heavy atom. The monoisotopic (exact) mass is 1360 g/mol. The van der Waals surface area contributed by atoms with Crippen LogP contribution in [0.4, 0.5) is 38.8 Å². The quantitative estimate of drug-likeness (QED) is 0.0290. The third-order valence-electron chi connectivity index (χ3n) is 13.1. The van der Waals surface area contributed by atoms with E-state index in [4.69, 9.17) is 61.3 Å². The predicted octanol–water partition coefficient (Wildman–Crippen LogP) is 13.5. The van der Waals surface area contributed by atoms with Crippen LogP contribution in [0.5, 0.6) is 0 Å². The molecule has 0 bridgehead atoms. The van der Waals surface area contributed by atoms with Crippen molar-refractivity contribution in [3.8, 4) is 6.07 Å². The molecule has 4 aromatic carbocycles. The summed E-state index contributed by atoms with van der Waals surface area (Å²) in [7, 11) is -3.04. The van der Waals surface area contributed by atoms with E-state index in [1.54, 1.807) is 51.2 Å². The third kappa shape index (κ3) is 26.7. The molecule has 6 aromatic rings. The molecule has 4 amide bonds. The molecule has 0 unspecified atom stereocenters. The summed E-state index contributed by atoms with van der Waals surface area (Å²) >= 11 is 12.0. The molecule has 31 heteroatoms. The lowest BCUT2D eigenvalue weighted by molar-refractivity contribution is -0.134. The number of fused-ring (bicyclic) bond motifs is 2. The van der Waals surface area contributed by atoms with E-state index >= 15 is 0 Å². The molecule has 0 saturated heterocycles. The van der Waals surface area contributed by atoms with Crippen LogP contribution in [0.2, 0.25) is 10.0 Å². The number of nitriles is 1. The lowest BCUT2D eigenvalue weighted by Gasteiger charge is -2.35. The number of likely N-dealkylation sites (N-methyl/N-ethyl adjacent to an activating group) is 2. The highest BCUT2D eigenvalue weighted by Gasteiger charge is 2.35. The van der Waals surface area contributed by atoms with Crippen LogP contribution >= 0.6 is 65.8 Å². The van der Waals surface area contributed by atoms with Gasteiger partial charge in [-0.05, 0) is 119 Å². The number of rotatable bonds is 26. The Kier molecular flexibility index (Phi) is 32.5. The van der Waals surface area contributed by atoms with Crippen molar-refractivity contribution in [2.24, 2.45) is 10.8 Å². The number of aromatic nitrogens is 2. The minimum atomic E-state index is -4.74. The molecule has 4 N–H and O–H groups in total. The number of amides is 4. The van der Waals surface area contributed by atoms with E-state index in [9.17, 15) is 45.9 Å². The number of halogens is 6. The maximum absolute atomic E-state index is 13.9. The summed E-state index contributed by atoms with van der Waals surface area (Å²) in [5, 5.41) is 14.6. The zero-order valence-electron chi connectivity index (χ0n) is 50.2. The summed E-state index contributed by atoms with van der Waals surface area (Å²) < 4.78 is 109. The number of ether oxygens (including phenoxy) is 2. The van der Waals surface area contributed by atoms with E-state index in [1.165, 1.54) is 111 Å². The van der Waals surface area contributed by atoms with Crippen LogP contribution in [0.3, 0.4) is 0 Å². The van der Waals surface area contributed by atoms with Gasteiger partial charge >= 0.3 is 27.8 Å². The smallest absolute Gasteiger partial charge is 0.447 e. The van der Waals surface area contributed by atoms with Crippen molar-refractivity contribution in [3.63, 3.8) is 0 Å². The third-order valence-corrected chi connectivity index (χ3v) is 15.7. The Labute approximate surface area is 537 Å². The molecule has 0 aliphatic carbocycles. The van der Waals surface area contributed by atoms with Gasteiger partial charge in [-0.3, -0.25) is 38.3 Å². The second-order valence-electron chi connectivity index (χ2n) is 21.1. The number of phosphoric acid groups is 2. The van der Waals surface area contributed by atoms with E-state index in [0.717, 1.165) is 0 Å². The summed E-state index contributed by atoms with van der Waals surface area (Å²) in [6.45, 7) is 7.53. The fraction of sp³-hybridized carbons (Fsp3) is 0.397. The number of anilines is 2. The van der Waals surface area contributed by atoms with Gasteiger partial charge in [-0.25, -0.2) is 46.2 Å². The fourth-order valence-corrected chi connectivity index (χ4v) is 10.2. The van der Waals surface area contributed by atoms with Crippen LogP contribution in [-0.4, -0.2) is 120 Å². The Balaban J connectivity index is 0.000000569. The molecule has 0 spiro atoms. The second kappa shape index (κ2) is 36.7. The molecule has 0 aliphatic rings. The Hall–Kier alpha value is -6.11. The summed E-state index contributed by atoms with van der Waals surface area (Å²) in [6.07, 6.45) is 1.97. The summed E-state index contributed by atoms with van der Waals surface area (Å²) in [6, 6.07) is 20.4. The van der Waals surface area contributed by atoms with Crippen molar-refractivity contribution in [2.45, 2.75) is 85.2 Å². The van der Waals surface area contributed by atoms with Crippen molar-refractivity contribution in [1.82, 2.24) is 19.8 Å². The van der Waals surface area contributed by atoms with Crippen molar-refractivity contribution < 1.29 is 83.2 Å². The summed E-state index contributed by atoms with van der Waals surface area (Å²) in [5.41, 5.74) is -0.599. The van der Waals surface area contributed by atoms with Crippen LogP contribution < -0.4 is 10.6 Å². The Morgan fingerprint density at radius 2 is 1.01 bits per heavy atom. The van der Waals surface area contributed by atoms with Crippen molar-refractivity contribution >= 4 is 123 Å². The van der Waals surface area contributed by atoms with Gasteiger partial charge in [0.15, 0.2) is 0 Å². The molecule has 0 saturated carbocycles. The van der Waals surface area contributed by atoms with E-state index in [0.29, 0.717) is 32.7 Å². The average Bonchev–Trinajstić information content (AvgIpc) is 3.47. The van der Waals surface area contributed by atoms with Crippen molar-refractivity contribution in [3.05, 3.63) is 142 Å². The van der Waals surface area contributed by atoms with Crippen LogP contribution in [0.25, 0.3) is 21.5 Å². The number of hydrogen-bond donors (Lipinski definition) is 4. The van der Waals surface area contributed by atoms with Gasteiger partial charge in [0, 0.05) is 71.2 Å². The van der Waals surface area contributed by atoms with Crippen molar-refractivity contribution in [1.29, 1.82) is 5.26 Å². The first-order valence-corrected chi connectivity index (χ1v) is 30.3. The summed E-state index contributed by atoms with van der Waals surface area (Å²) in [4.78, 5) is 80.9. The van der Waals surface area contributed by atoms with E-state index in [1.807, 2.05) is 13.8 Å². The van der Waals surface area contributed by atoms with Gasteiger partial charge in [-0.2, -0.15) is 32.3 Å². The molecule has 2 aromatic heterocycles. The largest absolute Gasteiger partial charge is 0.474 e. The first-order chi connectivity index (χ1) is 40.8. The first kappa shape index (κ1) is 79.0.